The minimum absolute atomic E-state index is 0.659. The van der Waals surface area contributed by atoms with Crippen LogP contribution in [0.2, 0.25) is 0 Å². The Kier molecular flexibility index (Phi) is 2.83. The van der Waals surface area contributed by atoms with Crippen molar-refractivity contribution in [2.75, 3.05) is 7.05 Å². The molecule has 0 bridgehead atoms. The molecule has 2 heterocycles. The van der Waals surface area contributed by atoms with Gasteiger partial charge in [-0.2, -0.15) is 5.10 Å². The Hall–Kier alpha value is -1.75. The van der Waals surface area contributed by atoms with Crippen LogP contribution in [0.3, 0.4) is 0 Å². The maximum absolute atomic E-state index is 4.56. The minimum Gasteiger partial charge on any atom is -0.314 e. The zero-order chi connectivity index (χ0) is 12.5. The third-order valence-electron chi connectivity index (χ3n) is 3.06. The summed E-state index contributed by atoms with van der Waals surface area (Å²) in [7, 11) is 1.91. The van der Waals surface area contributed by atoms with Crippen LogP contribution in [0.15, 0.2) is 18.3 Å². The van der Waals surface area contributed by atoms with Crippen LogP contribution in [0.5, 0.6) is 0 Å². The van der Waals surface area contributed by atoms with Crippen LogP contribution < -0.4 is 5.32 Å². The van der Waals surface area contributed by atoms with Gasteiger partial charge in [-0.25, -0.2) is 14.6 Å². The first-order chi connectivity index (χ1) is 8.76. The molecule has 0 aromatic carbocycles. The molecule has 0 saturated heterocycles. The standard InChI is InChI=1S/C13H17N5/c1-9-7-11(8-14-2)16-13(15-9)18-6-5-12(17-18)10-3-4-10/h5-7,10,14H,3-4,8H2,1-2H3. The van der Waals surface area contributed by atoms with Crippen LogP contribution in [0.1, 0.15) is 35.8 Å². The van der Waals surface area contributed by atoms with Gasteiger partial charge in [-0.05, 0) is 38.9 Å². The molecular weight excluding hydrogens is 226 g/mol. The molecule has 0 unspecified atom stereocenters. The first-order valence-corrected chi connectivity index (χ1v) is 6.31. The summed E-state index contributed by atoms with van der Waals surface area (Å²) in [6.07, 6.45) is 4.47. The number of aromatic nitrogens is 4. The lowest BCUT2D eigenvalue weighted by Crippen LogP contribution is -2.11. The minimum atomic E-state index is 0.659. The van der Waals surface area contributed by atoms with E-state index in [1.165, 1.54) is 12.8 Å². The summed E-state index contributed by atoms with van der Waals surface area (Å²) in [6.45, 7) is 2.72. The number of nitrogens with one attached hydrogen (secondary N) is 1. The topological polar surface area (TPSA) is 55.6 Å². The highest BCUT2D eigenvalue weighted by Gasteiger charge is 2.26. The number of hydrogen-bond acceptors (Lipinski definition) is 4. The molecule has 5 nitrogen and oxygen atoms in total. The van der Waals surface area contributed by atoms with Crippen molar-refractivity contribution in [1.29, 1.82) is 0 Å². The SMILES string of the molecule is CNCc1cc(C)nc(-n2ccc(C3CC3)n2)n1. The van der Waals surface area contributed by atoms with Crippen LogP contribution in [0, 0.1) is 6.92 Å². The predicted molar refractivity (Wildman–Crippen MR) is 68.6 cm³/mol. The van der Waals surface area contributed by atoms with E-state index in [-0.39, 0.29) is 0 Å². The Bertz CT molecular complexity index is 556. The molecule has 0 amide bonds. The van der Waals surface area contributed by atoms with E-state index in [0.717, 1.165) is 23.6 Å². The van der Waals surface area contributed by atoms with Gasteiger partial charge in [0.15, 0.2) is 0 Å². The summed E-state index contributed by atoms with van der Waals surface area (Å²) in [5.74, 6) is 1.32. The normalized spacial score (nSPS) is 15.0. The summed E-state index contributed by atoms with van der Waals surface area (Å²) >= 11 is 0. The van der Waals surface area contributed by atoms with E-state index in [0.29, 0.717) is 11.9 Å². The lowest BCUT2D eigenvalue weighted by atomic mass is 10.3. The fourth-order valence-electron chi connectivity index (χ4n) is 2.04. The lowest BCUT2D eigenvalue weighted by Gasteiger charge is -2.05. The monoisotopic (exact) mass is 243 g/mol. The van der Waals surface area contributed by atoms with Crippen molar-refractivity contribution < 1.29 is 0 Å². The number of nitrogens with zero attached hydrogens (tertiary/aromatic N) is 4. The van der Waals surface area contributed by atoms with Crippen molar-refractivity contribution in [3.05, 3.63) is 35.4 Å². The van der Waals surface area contributed by atoms with Gasteiger partial charge in [0, 0.05) is 24.4 Å². The van der Waals surface area contributed by atoms with Gasteiger partial charge in [-0.3, -0.25) is 0 Å². The Morgan fingerprint density at radius 2 is 2.22 bits per heavy atom. The van der Waals surface area contributed by atoms with E-state index >= 15 is 0 Å². The number of rotatable bonds is 4. The molecule has 1 saturated carbocycles. The lowest BCUT2D eigenvalue weighted by molar-refractivity contribution is 0.736. The van der Waals surface area contributed by atoms with Crippen LogP contribution in [-0.2, 0) is 6.54 Å². The Morgan fingerprint density at radius 3 is 2.94 bits per heavy atom. The van der Waals surface area contributed by atoms with Gasteiger partial charge in [-0.15, -0.1) is 0 Å². The van der Waals surface area contributed by atoms with Gasteiger partial charge in [0.1, 0.15) is 0 Å². The average molecular weight is 243 g/mol. The number of aryl methyl sites for hydroxylation is 1. The van der Waals surface area contributed by atoms with Crippen LogP contribution in [0.25, 0.3) is 5.95 Å². The highest BCUT2D eigenvalue weighted by molar-refractivity contribution is 5.21. The summed E-state index contributed by atoms with van der Waals surface area (Å²) in [5.41, 5.74) is 3.12. The van der Waals surface area contributed by atoms with Gasteiger partial charge in [0.2, 0.25) is 0 Å². The van der Waals surface area contributed by atoms with Gasteiger partial charge < -0.3 is 5.32 Å². The van der Waals surface area contributed by atoms with Crippen molar-refractivity contribution in [3.63, 3.8) is 0 Å². The Balaban J connectivity index is 1.93. The second kappa shape index (κ2) is 4.49. The van der Waals surface area contributed by atoms with Gasteiger partial charge in [0.25, 0.3) is 5.95 Å². The van der Waals surface area contributed by atoms with Crippen LogP contribution in [0.4, 0.5) is 0 Å². The molecule has 0 spiro atoms. The molecular formula is C13H17N5. The highest BCUT2D eigenvalue weighted by atomic mass is 15.3. The van der Waals surface area contributed by atoms with Crippen molar-refractivity contribution in [3.8, 4) is 5.95 Å². The molecule has 2 aromatic heterocycles. The molecule has 18 heavy (non-hydrogen) atoms. The van der Waals surface area contributed by atoms with Gasteiger partial charge in [0.05, 0.1) is 11.4 Å². The van der Waals surface area contributed by atoms with Crippen molar-refractivity contribution in [1.82, 2.24) is 25.1 Å². The molecule has 1 aliphatic rings. The molecule has 1 N–H and O–H groups in total. The molecule has 1 fully saturated rings. The molecule has 0 atom stereocenters. The van der Waals surface area contributed by atoms with E-state index in [1.807, 2.05) is 26.2 Å². The summed E-state index contributed by atoms with van der Waals surface area (Å²) < 4.78 is 1.78. The molecule has 1 aliphatic carbocycles. The van der Waals surface area contributed by atoms with Crippen molar-refractivity contribution >= 4 is 0 Å². The maximum Gasteiger partial charge on any atom is 0.251 e. The molecule has 3 rings (SSSR count). The second-order valence-corrected chi connectivity index (χ2v) is 4.79. The van der Waals surface area contributed by atoms with E-state index in [9.17, 15) is 0 Å². The summed E-state index contributed by atoms with van der Waals surface area (Å²) in [6, 6.07) is 4.06. The van der Waals surface area contributed by atoms with E-state index in [1.54, 1.807) is 4.68 Å². The Labute approximate surface area is 106 Å². The largest absolute Gasteiger partial charge is 0.314 e. The highest BCUT2D eigenvalue weighted by Crippen LogP contribution is 2.38. The van der Waals surface area contributed by atoms with Crippen LogP contribution in [-0.4, -0.2) is 26.8 Å². The summed E-state index contributed by atoms with van der Waals surface area (Å²) in [4.78, 5) is 8.95. The first-order valence-electron chi connectivity index (χ1n) is 6.31. The van der Waals surface area contributed by atoms with E-state index < -0.39 is 0 Å². The third-order valence-corrected chi connectivity index (χ3v) is 3.06. The van der Waals surface area contributed by atoms with Crippen molar-refractivity contribution in [2.45, 2.75) is 32.2 Å². The molecule has 0 radical (unpaired) electrons. The molecule has 94 valence electrons. The quantitative estimate of drug-likeness (QED) is 0.885. The van der Waals surface area contributed by atoms with E-state index in [4.69, 9.17) is 0 Å². The zero-order valence-corrected chi connectivity index (χ0v) is 10.7. The fourth-order valence-corrected chi connectivity index (χ4v) is 2.04. The number of hydrogen-bond donors (Lipinski definition) is 1. The molecule has 0 aliphatic heterocycles. The third kappa shape index (κ3) is 2.26. The van der Waals surface area contributed by atoms with Crippen LogP contribution >= 0.6 is 0 Å². The predicted octanol–water partition coefficient (Wildman–Crippen LogP) is 1.57. The van der Waals surface area contributed by atoms with Gasteiger partial charge >= 0.3 is 0 Å². The smallest absolute Gasteiger partial charge is 0.251 e. The average Bonchev–Trinajstić information content (AvgIpc) is 3.07. The second-order valence-electron chi connectivity index (χ2n) is 4.79. The van der Waals surface area contributed by atoms with Crippen molar-refractivity contribution in [2.24, 2.45) is 0 Å². The van der Waals surface area contributed by atoms with E-state index in [2.05, 4.69) is 26.4 Å². The molecule has 5 heteroatoms. The zero-order valence-electron chi connectivity index (χ0n) is 10.7. The first kappa shape index (κ1) is 11.3. The maximum atomic E-state index is 4.56. The Morgan fingerprint density at radius 1 is 1.39 bits per heavy atom. The molecule has 2 aromatic rings. The van der Waals surface area contributed by atoms with Gasteiger partial charge in [-0.1, -0.05) is 0 Å². The fraction of sp³-hybridized carbons (Fsp3) is 0.462. The summed E-state index contributed by atoms with van der Waals surface area (Å²) in [5, 5.41) is 7.66.